The molecule has 3 saturated heterocycles. The quantitative estimate of drug-likeness (QED) is 0.798. The minimum absolute atomic E-state index is 0.196. The summed E-state index contributed by atoms with van der Waals surface area (Å²) in [5.41, 5.74) is 0.746. The van der Waals surface area contributed by atoms with Gasteiger partial charge in [0.05, 0.1) is 17.2 Å². The molecule has 0 aliphatic carbocycles. The van der Waals surface area contributed by atoms with E-state index in [1.807, 2.05) is 6.92 Å². The van der Waals surface area contributed by atoms with Crippen LogP contribution in [0.15, 0.2) is 23.1 Å². The van der Waals surface area contributed by atoms with Gasteiger partial charge in [-0.05, 0) is 56.7 Å². The fourth-order valence-electron chi connectivity index (χ4n) is 4.59. The second kappa shape index (κ2) is 8.20. The zero-order chi connectivity index (χ0) is 19.8. The maximum atomic E-state index is 13.0. The number of hydrogen-bond donors (Lipinski definition) is 1. The second-order valence-electron chi connectivity index (χ2n) is 8.29. The lowest BCUT2D eigenvalue weighted by Gasteiger charge is -2.38. The predicted molar refractivity (Wildman–Crippen MR) is 108 cm³/mol. The van der Waals surface area contributed by atoms with Crippen molar-refractivity contribution in [3.05, 3.63) is 28.8 Å². The molecule has 6 nitrogen and oxygen atoms in total. The molecule has 28 heavy (non-hydrogen) atoms. The van der Waals surface area contributed by atoms with Crippen molar-refractivity contribution in [3.8, 4) is 0 Å². The molecule has 1 aromatic rings. The van der Waals surface area contributed by atoms with Gasteiger partial charge in [-0.2, -0.15) is 4.31 Å². The SMILES string of the molecule is Cc1ccc(S(=O)(=O)N2CCC3(CC2)CC(NC2CCOCC2)CO3)c(Cl)c1. The van der Waals surface area contributed by atoms with Crippen molar-refractivity contribution >= 4 is 21.6 Å². The molecule has 0 bridgehead atoms. The van der Waals surface area contributed by atoms with Crippen molar-refractivity contribution in [2.75, 3.05) is 32.9 Å². The summed E-state index contributed by atoms with van der Waals surface area (Å²) in [5, 5.41) is 4.01. The van der Waals surface area contributed by atoms with Gasteiger partial charge in [0.1, 0.15) is 4.90 Å². The van der Waals surface area contributed by atoms with Crippen molar-refractivity contribution in [3.63, 3.8) is 0 Å². The highest BCUT2D eigenvalue weighted by molar-refractivity contribution is 7.89. The van der Waals surface area contributed by atoms with Gasteiger partial charge in [-0.15, -0.1) is 0 Å². The molecule has 0 aromatic heterocycles. The summed E-state index contributed by atoms with van der Waals surface area (Å²) >= 11 is 6.22. The van der Waals surface area contributed by atoms with Crippen molar-refractivity contribution in [1.82, 2.24) is 9.62 Å². The molecular formula is C20H29ClN2O4S. The van der Waals surface area contributed by atoms with E-state index < -0.39 is 10.0 Å². The Bertz CT molecular complexity index is 802. The number of hydrogen-bond acceptors (Lipinski definition) is 5. The highest BCUT2D eigenvalue weighted by Gasteiger charge is 2.45. The molecule has 4 rings (SSSR count). The number of aryl methyl sites for hydroxylation is 1. The monoisotopic (exact) mass is 428 g/mol. The first-order valence-electron chi connectivity index (χ1n) is 10.1. The van der Waals surface area contributed by atoms with Crippen LogP contribution in [-0.4, -0.2) is 63.3 Å². The Morgan fingerprint density at radius 2 is 1.89 bits per heavy atom. The van der Waals surface area contributed by atoms with Gasteiger partial charge in [0, 0.05) is 38.4 Å². The van der Waals surface area contributed by atoms with Crippen molar-refractivity contribution in [2.45, 2.75) is 61.6 Å². The molecule has 3 aliphatic rings. The Kier molecular flexibility index (Phi) is 6.03. The third-order valence-corrected chi connectivity index (χ3v) is 8.62. The number of ether oxygens (including phenoxy) is 2. The molecule has 3 fully saturated rings. The standard InChI is InChI=1S/C20H29ClN2O4S/c1-15-2-3-19(18(21)12-15)28(24,25)23-8-6-20(7-9-23)13-17(14-27-20)22-16-4-10-26-11-5-16/h2-3,12,16-17,22H,4-11,13-14H2,1H3. The molecule has 1 spiro atoms. The Balaban J connectivity index is 1.36. The summed E-state index contributed by atoms with van der Waals surface area (Å²) in [6, 6.07) is 5.94. The number of nitrogens with one attached hydrogen (secondary N) is 1. The average Bonchev–Trinajstić information content (AvgIpc) is 3.04. The summed E-state index contributed by atoms with van der Waals surface area (Å²) in [5.74, 6) is 0. The lowest BCUT2D eigenvalue weighted by Crippen LogP contribution is -2.47. The van der Waals surface area contributed by atoms with Crippen LogP contribution < -0.4 is 5.32 Å². The van der Waals surface area contributed by atoms with Gasteiger partial charge in [-0.25, -0.2) is 8.42 Å². The predicted octanol–water partition coefficient (Wildman–Crippen LogP) is 2.73. The number of rotatable bonds is 4. The van der Waals surface area contributed by atoms with E-state index in [1.54, 1.807) is 22.5 Å². The summed E-state index contributed by atoms with van der Waals surface area (Å²) in [6.45, 7) is 5.19. The zero-order valence-electron chi connectivity index (χ0n) is 16.3. The van der Waals surface area contributed by atoms with E-state index in [4.69, 9.17) is 21.1 Å². The van der Waals surface area contributed by atoms with E-state index in [1.165, 1.54) is 0 Å². The van der Waals surface area contributed by atoms with E-state index in [2.05, 4.69) is 5.32 Å². The molecule has 0 radical (unpaired) electrons. The molecule has 1 N–H and O–H groups in total. The number of nitrogens with zero attached hydrogens (tertiary/aromatic N) is 1. The molecule has 0 amide bonds. The lowest BCUT2D eigenvalue weighted by molar-refractivity contribution is -0.0312. The molecule has 8 heteroatoms. The van der Waals surface area contributed by atoms with Gasteiger partial charge in [-0.3, -0.25) is 0 Å². The molecular weight excluding hydrogens is 400 g/mol. The summed E-state index contributed by atoms with van der Waals surface area (Å²) in [7, 11) is -3.58. The Morgan fingerprint density at radius 3 is 2.57 bits per heavy atom. The normalized spacial score (nSPS) is 26.7. The largest absolute Gasteiger partial charge is 0.381 e. The number of piperidine rings is 1. The number of benzene rings is 1. The van der Waals surface area contributed by atoms with Gasteiger partial charge >= 0.3 is 0 Å². The Labute approximate surface area is 172 Å². The van der Waals surface area contributed by atoms with E-state index in [-0.39, 0.29) is 15.5 Å². The van der Waals surface area contributed by atoms with Gasteiger partial charge in [0.25, 0.3) is 0 Å². The first-order valence-corrected chi connectivity index (χ1v) is 11.9. The van der Waals surface area contributed by atoms with Crippen LogP contribution in [0.1, 0.15) is 37.7 Å². The van der Waals surface area contributed by atoms with E-state index in [0.29, 0.717) is 31.8 Å². The second-order valence-corrected chi connectivity index (χ2v) is 10.6. The van der Waals surface area contributed by atoms with Crippen molar-refractivity contribution in [2.24, 2.45) is 0 Å². The minimum atomic E-state index is -3.58. The highest BCUT2D eigenvalue weighted by atomic mass is 35.5. The third-order valence-electron chi connectivity index (χ3n) is 6.24. The molecule has 156 valence electrons. The third kappa shape index (κ3) is 4.25. The first kappa shape index (κ1) is 20.6. The van der Waals surface area contributed by atoms with E-state index in [9.17, 15) is 8.42 Å². The molecule has 0 saturated carbocycles. The number of sulfonamides is 1. The van der Waals surface area contributed by atoms with Crippen molar-refractivity contribution < 1.29 is 17.9 Å². The van der Waals surface area contributed by atoms with Crippen LogP contribution in [0.5, 0.6) is 0 Å². The smallest absolute Gasteiger partial charge is 0.244 e. The Hall–Kier alpha value is -0.700. The summed E-state index contributed by atoms with van der Waals surface area (Å²) in [6.07, 6.45) is 4.49. The Morgan fingerprint density at radius 1 is 1.18 bits per heavy atom. The topological polar surface area (TPSA) is 67.9 Å². The molecule has 3 aliphatic heterocycles. The maximum Gasteiger partial charge on any atom is 0.244 e. The fourth-order valence-corrected chi connectivity index (χ4v) is 6.60. The van der Waals surface area contributed by atoms with Crippen LogP contribution in [0, 0.1) is 6.92 Å². The van der Waals surface area contributed by atoms with Gasteiger partial charge in [-0.1, -0.05) is 17.7 Å². The van der Waals surface area contributed by atoms with Crippen molar-refractivity contribution in [1.29, 1.82) is 0 Å². The summed E-state index contributed by atoms with van der Waals surface area (Å²) in [4.78, 5) is 0.196. The molecule has 1 aromatic carbocycles. The van der Waals surface area contributed by atoms with Gasteiger partial charge in [0.15, 0.2) is 0 Å². The molecule has 1 atom stereocenters. The van der Waals surface area contributed by atoms with Crippen LogP contribution >= 0.6 is 11.6 Å². The zero-order valence-corrected chi connectivity index (χ0v) is 17.9. The van der Waals surface area contributed by atoms with Gasteiger partial charge < -0.3 is 14.8 Å². The maximum absolute atomic E-state index is 13.0. The van der Waals surface area contributed by atoms with Crippen LogP contribution in [0.2, 0.25) is 5.02 Å². The fraction of sp³-hybridized carbons (Fsp3) is 0.700. The summed E-state index contributed by atoms with van der Waals surface area (Å²) < 4.78 is 39.2. The first-order chi connectivity index (χ1) is 13.4. The van der Waals surface area contributed by atoms with Crippen LogP contribution in [0.3, 0.4) is 0 Å². The number of halogens is 1. The van der Waals surface area contributed by atoms with E-state index >= 15 is 0 Å². The van der Waals surface area contributed by atoms with Gasteiger partial charge in [0.2, 0.25) is 10.0 Å². The van der Waals surface area contributed by atoms with Crippen LogP contribution in [0.4, 0.5) is 0 Å². The van der Waals surface area contributed by atoms with E-state index in [0.717, 1.165) is 50.9 Å². The minimum Gasteiger partial charge on any atom is -0.381 e. The van der Waals surface area contributed by atoms with Crippen LogP contribution in [-0.2, 0) is 19.5 Å². The molecule has 1 unspecified atom stereocenters. The highest BCUT2D eigenvalue weighted by Crippen LogP contribution is 2.38. The van der Waals surface area contributed by atoms with Crippen LogP contribution in [0.25, 0.3) is 0 Å². The average molecular weight is 429 g/mol. The lowest BCUT2D eigenvalue weighted by atomic mass is 9.88. The molecule has 3 heterocycles.